The molecule has 29 heavy (non-hydrogen) atoms. The van der Waals surface area contributed by atoms with Gasteiger partial charge in [-0.15, -0.1) is 5.10 Å². The Morgan fingerprint density at radius 2 is 1.72 bits per heavy atom. The molecule has 0 unspecified atom stereocenters. The lowest BCUT2D eigenvalue weighted by Gasteiger charge is -2.08. The van der Waals surface area contributed by atoms with E-state index in [0.717, 1.165) is 10.2 Å². The van der Waals surface area contributed by atoms with Gasteiger partial charge in [0.15, 0.2) is 0 Å². The van der Waals surface area contributed by atoms with Gasteiger partial charge in [-0.25, -0.2) is 0 Å². The van der Waals surface area contributed by atoms with Gasteiger partial charge >= 0.3 is 0 Å². The summed E-state index contributed by atoms with van der Waals surface area (Å²) in [5.74, 6) is -0.301. The predicted molar refractivity (Wildman–Crippen MR) is 116 cm³/mol. The second-order valence-corrected chi connectivity index (χ2v) is 7.16. The number of halogens is 1. The molecule has 0 aliphatic heterocycles. The third kappa shape index (κ3) is 4.47. The van der Waals surface area contributed by atoms with Crippen LogP contribution in [0, 0.1) is 0 Å². The molecule has 0 atom stereocenters. The topological polar surface area (TPSA) is 86.9 Å². The number of amides is 1. The first-order valence-electron chi connectivity index (χ1n) is 8.77. The second kappa shape index (κ2) is 8.20. The monoisotopic (exact) mass is 449 g/mol. The fourth-order valence-electron chi connectivity index (χ4n) is 2.75. The highest BCUT2D eigenvalue weighted by Gasteiger charge is 2.14. The Kier molecular flexibility index (Phi) is 5.31. The molecular formula is C22H16BrN3O3. The van der Waals surface area contributed by atoms with Crippen LogP contribution < -0.4 is 16.3 Å². The molecule has 144 valence electrons. The minimum Gasteiger partial charge on any atom is -0.508 e. The number of nitrogens with zero attached hydrogens (tertiary/aromatic N) is 1. The summed E-state index contributed by atoms with van der Waals surface area (Å²) in [5.41, 5.74) is 5.04. The zero-order valence-corrected chi connectivity index (χ0v) is 16.7. The van der Waals surface area contributed by atoms with Crippen LogP contribution in [0.5, 0.6) is 5.75 Å². The van der Waals surface area contributed by atoms with Gasteiger partial charge in [-0.05, 0) is 48.5 Å². The van der Waals surface area contributed by atoms with E-state index in [1.807, 2.05) is 42.5 Å². The van der Waals surface area contributed by atoms with Crippen molar-refractivity contribution in [3.8, 4) is 5.75 Å². The third-order valence-corrected chi connectivity index (χ3v) is 4.61. The van der Waals surface area contributed by atoms with Gasteiger partial charge in [0.25, 0.3) is 5.91 Å². The van der Waals surface area contributed by atoms with Gasteiger partial charge in [-0.2, -0.15) is 0 Å². The fraction of sp³-hybridized carbons (Fsp3) is 0. The van der Waals surface area contributed by atoms with Crippen molar-refractivity contribution in [1.29, 1.82) is 0 Å². The SMILES string of the molecule is O=C(Nc1cccc(Br)c1)c1cc2ccc(O)cc2oc1=NNc1ccccc1. The summed E-state index contributed by atoms with van der Waals surface area (Å²) >= 11 is 3.39. The quantitative estimate of drug-likeness (QED) is 0.379. The summed E-state index contributed by atoms with van der Waals surface area (Å²) < 4.78 is 6.67. The van der Waals surface area contributed by atoms with Gasteiger partial charge in [0.1, 0.15) is 16.9 Å². The minimum absolute atomic E-state index is 0.0644. The molecule has 1 aromatic heterocycles. The second-order valence-electron chi connectivity index (χ2n) is 6.24. The minimum atomic E-state index is -0.365. The highest BCUT2D eigenvalue weighted by Crippen LogP contribution is 2.21. The Labute approximate surface area is 174 Å². The summed E-state index contributed by atoms with van der Waals surface area (Å²) in [6.07, 6.45) is 0. The molecule has 1 amide bonds. The van der Waals surface area contributed by atoms with Crippen molar-refractivity contribution in [2.75, 3.05) is 10.7 Å². The molecule has 3 N–H and O–H groups in total. The van der Waals surface area contributed by atoms with E-state index in [0.29, 0.717) is 16.7 Å². The molecule has 0 spiro atoms. The van der Waals surface area contributed by atoms with Gasteiger partial charge in [0.2, 0.25) is 5.55 Å². The van der Waals surface area contributed by atoms with E-state index in [1.54, 1.807) is 24.3 Å². The normalized spacial score (nSPS) is 11.4. The zero-order valence-electron chi connectivity index (χ0n) is 15.1. The molecule has 7 heteroatoms. The van der Waals surface area contributed by atoms with E-state index in [9.17, 15) is 9.90 Å². The smallest absolute Gasteiger partial charge is 0.261 e. The number of rotatable bonds is 4. The molecule has 1 heterocycles. The molecule has 0 saturated carbocycles. The number of hydrogen-bond donors (Lipinski definition) is 3. The standard InChI is InChI=1S/C22H16BrN3O3/c23-15-5-4-8-17(12-15)24-21(28)19-11-14-9-10-18(27)13-20(14)29-22(19)26-25-16-6-2-1-3-7-16/h1-13,25,27H,(H,24,28). The average molecular weight is 450 g/mol. The summed E-state index contributed by atoms with van der Waals surface area (Å²) in [6.45, 7) is 0. The maximum Gasteiger partial charge on any atom is 0.261 e. The molecule has 0 aliphatic carbocycles. The number of fused-ring (bicyclic) bond motifs is 1. The van der Waals surface area contributed by atoms with Crippen LogP contribution in [-0.2, 0) is 0 Å². The van der Waals surface area contributed by atoms with E-state index in [4.69, 9.17) is 4.42 Å². The van der Waals surface area contributed by atoms with Gasteiger partial charge in [-0.3, -0.25) is 10.2 Å². The Morgan fingerprint density at radius 1 is 0.931 bits per heavy atom. The average Bonchev–Trinajstić information content (AvgIpc) is 2.72. The predicted octanol–water partition coefficient (Wildman–Crippen LogP) is 5.08. The van der Waals surface area contributed by atoms with E-state index in [2.05, 4.69) is 31.8 Å². The van der Waals surface area contributed by atoms with Crippen molar-refractivity contribution in [3.05, 3.63) is 94.5 Å². The molecule has 0 saturated heterocycles. The van der Waals surface area contributed by atoms with E-state index >= 15 is 0 Å². The molecule has 0 bridgehead atoms. The summed E-state index contributed by atoms with van der Waals surface area (Å²) in [6, 6.07) is 23.0. The zero-order chi connectivity index (χ0) is 20.2. The van der Waals surface area contributed by atoms with E-state index in [1.165, 1.54) is 12.1 Å². The maximum absolute atomic E-state index is 12.9. The Morgan fingerprint density at radius 3 is 2.52 bits per heavy atom. The summed E-state index contributed by atoms with van der Waals surface area (Å²) in [7, 11) is 0. The number of para-hydroxylation sites is 1. The lowest BCUT2D eigenvalue weighted by atomic mass is 10.1. The number of aromatic hydroxyl groups is 1. The number of phenolic OH excluding ortho intramolecular Hbond substituents is 1. The third-order valence-electron chi connectivity index (χ3n) is 4.12. The first-order valence-corrected chi connectivity index (χ1v) is 9.56. The highest BCUT2D eigenvalue weighted by molar-refractivity contribution is 9.10. The number of hydrogen-bond acceptors (Lipinski definition) is 5. The Balaban J connectivity index is 1.77. The van der Waals surface area contributed by atoms with Gasteiger partial charge in [0, 0.05) is 21.6 Å². The van der Waals surface area contributed by atoms with Crippen LogP contribution in [0.15, 0.2) is 92.9 Å². The molecule has 0 aliphatic rings. The summed E-state index contributed by atoms with van der Waals surface area (Å²) in [5, 5.41) is 17.5. The highest BCUT2D eigenvalue weighted by atomic mass is 79.9. The van der Waals surface area contributed by atoms with Gasteiger partial charge in [0.05, 0.1) is 5.69 Å². The van der Waals surface area contributed by atoms with Gasteiger partial charge < -0.3 is 14.8 Å². The molecular weight excluding hydrogens is 434 g/mol. The number of carbonyl (C=O) groups excluding carboxylic acids is 1. The number of carbonyl (C=O) groups is 1. The number of anilines is 2. The van der Waals surface area contributed by atoms with Crippen molar-refractivity contribution in [1.82, 2.24) is 0 Å². The van der Waals surface area contributed by atoms with Crippen LogP contribution in [0.2, 0.25) is 0 Å². The molecule has 3 aromatic carbocycles. The van der Waals surface area contributed by atoms with Crippen LogP contribution in [-0.4, -0.2) is 11.0 Å². The van der Waals surface area contributed by atoms with Crippen molar-refractivity contribution < 1.29 is 14.3 Å². The number of benzene rings is 3. The first-order chi connectivity index (χ1) is 14.1. The molecule has 0 fully saturated rings. The van der Waals surface area contributed by atoms with Crippen molar-refractivity contribution >= 4 is 44.2 Å². The largest absolute Gasteiger partial charge is 0.508 e. The van der Waals surface area contributed by atoms with Crippen LogP contribution >= 0.6 is 15.9 Å². The molecule has 0 radical (unpaired) electrons. The summed E-state index contributed by atoms with van der Waals surface area (Å²) in [4.78, 5) is 12.9. The van der Waals surface area contributed by atoms with Crippen LogP contribution in [0.1, 0.15) is 10.4 Å². The Bertz CT molecular complexity index is 1250. The molecule has 4 rings (SSSR count). The Hall–Kier alpha value is -3.58. The molecule has 6 nitrogen and oxygen atoms in total. The van der Waals surface area contributed by atoms with Crippen LogP contribution in [0.4, 0.5) is 11.4 Å². The van der Waals surface area contributed by atoms with Crippen molar-refractivity contribution in [3.63, 3.8) is 0 Å². The van der Waals surface area contributed by atoms with E-state index < -0.39 is 0 Å². The number of nitrogens with one attached hydrogen (secondary N) is 2. The first kappa shape index (κ1) is 18.8. The van der Waals surface area contributed by atoms with Crippen molar-refractivity contribution in [2.24, 2.45) is 5.10 Å². The van der Waals surface area contributed by atoms with Crippen LogP contribution in [0.3, 0.4) is 0 Å². The molecule has 4 aromatic rings. The fourth-order valence-corrected chi connectivity index (χ4v) is 3.14. The number of phenols is 1. The lowest BCUT2D eigenvalue weighted by molar-refractivity contribution is 0.102. The van der Waals surface area contributed by atoms with E-state index in [-0.39, 0.29) is 22.8 Å². The van der Waals surface area contributed by atoms with Crippen molar-refractivity contribution in [2.45, 2.75) is 0 Å². The van der Waals surface area contributed by atoms with Gasteiger partial charge in [-0.1, -0.05) is 40.2 Å². The van der Waals surface area contributed by atoms with Crippen LogP contribution in [0.25, 0.3) is 11.0 Å². The lowest BCUT2D eigenvalue weighted by Crippen LogP contribution is -2.22. The maximum atomic E-state index is 12.9.